The Balaban J connectivity index is 1.83. The molecule has 1 fully saturated rings. The molecule has 0 aromatic heterocycles. The summed E-state index contributed by atoms with van der Waals surface area (Å²) in [5, 5.41) is 3.55. The molecule has 0 bridgehead atoms. The summed E-state index contributed by atoms with van der Waals surface area (Å²) in [7, 11) is 1.44. The summed E-state index contributed by atoms with van der Waals surface area (Å²) in [4.78, 5) is 11.4. The Morgan fingerprint density at radius 3 is 2.60 bits per heavy atom. The highest BCUT2D eigenvalue weighted by atomic mass is 16.5. The first-order valence-corrected chi connectivity index (χ1v) is 7.64. The first-order valence-electron chi connectivity index (χ1n) is 7.64. The van der Waals surface area contributed by atoms with E-state index in [1.165, 1.54) is 44.8 Å². The minimum absolute atomic E-state index is 0.176. The van der Waals surface area contributed by atoms with E-state index in [1.54, 1.807) is 0 Å². The van der Waals surface area contributed by atoms with Crippen molar-refractivity contribution in [3.05, 3.63) is 35.4 Å². The van der Waals surface area contributed by atoms with E-state index in [-0.39, 0.29) is 5.97 Å². The molecule has 3 heteroatoms. The normalized spacial score (nSPS) is 16.1. The molecule has 20 heavy (non-hydrogen) atoms. The van der Waals surface area contributed by atoms with Gasteiger partial charge in [-0.1, -0.05) is 43.5 Å². The number of rotatable bonds is 6. The largest absolute Gasteiger partial charge is 0.469 e. The standard InChI is InChI=1S/C17H25NO2/c1-20-17(19)11-15-9-5-6-10-16(15)13-18-12-14-7-3-2-4-8-14/h5-6,9-10,14,18H,2-4,7-8,11-13H2,1H3. The zero-order valence-electron chi connectivity index (χ0n) is 12.4. The Morgan fingerprint density at radius 2 is 1.90 bits per heavy atom. The van der Waals surface area contributed by atoms with Gasteiger partial charge in [0.15, 0.2) is 0 Å². The average molecular weight is 275 g/mol. The maximum absolute atomic E-state index is 11.4. The van der Waals surface area contributed by atoms with Crippen molar-refractivity contribution in [2.24, 2.45) is 5.92 Å². The Hall–Kier alpha value is -1.35. The van der Waals surface area contributed by atoms with Crippen LogP contribution in [-0.2, 0) is 22.5 Å². The third kappa shape index (κ3) is 4.64. The molecular formula is C17H25NO2. The van der Waals surface area contributed by atoms with Crippen LogP contribution >= 0.6 is 0 Å². The molecule has 1 saturated carbocycles. The Bertz CT molecular complexity index is 425. The fourth-order valence-corrected chi connectivity index (χ4v) is 2.93. The van der Waals surface area contributed by atoms with E-state index in [1.807, 2.05) is 18.2 Å². The van der Waals surface area contributed by atoms with Crippen LogP contribution in [0.2, 0.25) is 0 Å². The summed E-state index contributed by atoms with van der Waals surface area (Å²) >= 11 is 0. The molecule has 0 amide bonds. The second-order valence-electron chi connectivity index (χ2n) is 5.66. The van der Waals surface area contributed by atoms with Crippen molar-refractivity contribution in [1.29, 1.82) is 0 Å². The number of benzene rings is 1. The minimum atomic E-state index is -0.176. The van der Waals surface area contributed by atoms with E-state index in [0.29, 0.717) is 6.42 Å². The summed E-state index contributed by atoms with van der Waals surface area (Å²) in [5.74, 6) is 0.654. The second-order valence-corrected chi connectivity index (χ2v) is 5.66. The Labute approximate surface area is 121 Å². The van der Waals surface area contributed by atoms with Crippen LogP contribution < -0.4 is 5.32 Å². The topological polar surface area (TPSA) is 38.3 Å². The third-order valence-electron chi connectivity index (χ3n) is 4.15. The zero-order valence-corrected chi connectivity index (χ0v) is 12.4. The molecule has 0 atom stereocenters. The van der Waals surface area contributed by atoms with Gasteiger partial charge in [-0.25, -0.2) is 0 Å². The van der Waals surface area contributed by atoms with Crippen molar-refractivity contribution in [2.45, 2.75) is 45.1 Å². The van der Waals surface area contributed by atoms with Crippen LogP contribution in [0.3, 0.4) is 0 Å². The van der Waals surface area contributed by atoms with Crippen LogP contribution in [0.4, 0.5) is 0 Å². The number of esters is 1. The number of methoxy groups -OCH3 is 1. The SMILES string of the molecule is COC(=O)Cc1ccccc1CNCC1CCCCC1. The highest BCUT2D eigenvalue weighted by molar-refractivity contribution is 5.72. The lowest BCUT2D eigenvalue weighted by atomic mass is 9.89. The monoisotopic (exact) mass is 275 g/mol. The lowest BCUT2D eigenvalue weighted by Gasteiger charge is -2.22. The summed E-state index contributed by atoms with van der Waals surface area (Å²) < 4.78 is 4.75. The predicted molar refractivity (Wildman–Crippen MR) is 80.4 cm³/mol. The molecule has 0 spiro atoms. The van der Waals surface area contributed by atoms with Crippen LogP contribution in [-0.4, -0.2) is 19.6 Å². The summed E-state index contributed by atoms with van der Waals surface area (Å²) in [6.07, 6.45) is 7.24. The van der Waals surface area contributed by atoms with E-state index in [2.05, 4.69) is 11.4 Å². The van der Waals surface area contributed by atoms with Gasteiger partial charge in [-0.3, -0.25) is 4.79 Å². The first-order chi connectivity index (χ1) is 9.79. The molecule has 1 aliphatic carbocycles. The molecule has 0 radical (unpaired) electrons. The summed E-state index contributed by atoms with van der Waals surface area (Å²) in [6, 6.07) is 8.10. The molecule has 2 rings (SSSR count). The van der Waals surface area contributed by atoms with Crippen LogP contribution in [0.5, 0.6) is 0 Å². The lowest BCUT2D eigenvalue weighted by Crippen LogP contribution is -2.24. The number of carbonyl (C=O) groups excluding carboxylic acids is 1. The molecule has 0 aliphatic heterocycles. The van der Waals surface area contributed by atoms with Crippen molar-refractivity contribution < 1.29 is 9.53 Å². The number of carbonyl (C=O) groups is 1. The molecule has 0 unspecified atom stereocenters. The molecule has 0 saturated heterocycles. The van der Waals surface area contributed by atoms with Crippen molar-refractivity contribution in [1.82, 2.24) is 5.32 Å². The number of ether oxygens (including phenoxy) is 1. The molecule has 1 aromatic carbocycles. The van der Waals surface area contributed by atoms with Gasteiger partial charge in [-0.2, -0.15) is 0 Å². The fraction of sp³-hybridized carbons (Fsp3) is 0.588. The number of hydrogen-bond donors (Lipinski definition) is 1. The van der Waals surface area contributed by atoms with Gasteiger partial charge in [-0.05, 0) is 36.4 Å². The van der Waals surface area contributed by atoms with E-state index in [9.17, 15) is 4.79 Å². The smallest absolute Gasteiger partial charge is 0.309 e. The van der Waals surface area contributed by atoms with Crippen LogP contribution in [0.1, 0.15) is 43.2 Å². The van der Waals surface area contributed by atoms with Crippen molar-refractivity contribution >= 4 is 5.97 Å². The van der Waals surface area contributed by atoms with Gasteiger partial charge in [0, 0.05) is 6.54 Å². The van der Waals surface area contributed by atoms with Gasteiger partial charge >= 0.3 is 5.97 Å². The molecule has 1 aliphatic rings. The van der Waals surface area contributed by atoms with Gasteiger partial charge in [-0.15, -0.1) is 0 Å². The fourth-order valence-electron chi connectivity index (χ4n) is 2.93. The highest BCUT2D eigenvalue weighted by Gasteiger charge is 2.13. The van der Waals surface area contributed by atoms with Crippen molar-refractivity contribution in [3.63, 3.8) is 0 Å². The maximum atomic E-state index is 11.4. The van der Waals surface area contributed by atoms with Crippen LogP contribution in [0.25, 0.3) is 0 Å². The second kappa shape index (κ2) is 8.05. The molecule has 0 heterocycles. The van der Waals surface area contributed by atoms with E-state index >= 15 is 0 Å². The Kier molecular flexibility index (Phi) is 6.06. The number of hydrogen-bond acceptors (Lipinski definition) is 3. The van der Waals surface area contributed by atoms with Gasteiger partial charge in [0.1, 0.15) is 0 Å². The molecule has 110 valence electrons. The first kappa shape index (κ1) is 15.0. The highest BCUT2D eigenvalue weighted by Crippen LogP contribution is 2.22. The van der Waals surface area contributed by atoms with Gasteiger partial charge in [0.2, 0.25) is 0 Å². The molecule has 1 N–H and O–H groups in total. The predicted octanol–water partition coefficient (Wildman–Crippen LogP) is 3.07. The minimum Gasteiger partial charge on any atom is -0.469 e. The van der Waals surface area contributed by atoms with Gasteiger partial charge in [0.25, 0.3) is 0 Å². The van der Waals surface area contributed by atoms with Crippen molar-refractivity contribution in [2.75, 3.05) is 13.7 Å². The lowest BCUT2D eigenvalue weighted by molar-refractivity contribution is -0.139. The quantitative estimate of drug-likeness (QED) is 0.811. The van der Waals surface area contributed by atoms with E-state index in [0.717, 1.165) is 24.6 Å². The summed E-state index contributed by atoms with van der Waals surface area (Å²) in [6.45, 7) is 1.93. The zero-order chi connectivity index (χ0) is 14.2. The van der Waals surface area contributed by atoms with Gasteiger partial charge in [0.05, 0.1) is 13.5 Å². The molecular weight excluding hydrogens is 250 g/mol. The molecule has 3 nitrogen and oxygen atoms in total. The maximum Gasteiger partial charge on any atom is 0.309 e. The Morgan fingerprint density at radius 1 is 1.20 bits per heavy atom. The van der Waals surface area contributed by atoms with E-state index < -0.39 is 0 Å². The molecule has 1 aromatic rings. The van der Waals surface area contributed by atoms with Gasteiger partial charge < -0.3 is 10.1 Å². The average Bonchev–Trinajstić information content (AvgIpc) is 2.50. The van der Waals surface area contributed by atoms with Crippen molar-refractivity contribution in [3.8, 4) is 0 Å². The van der Waals surface area contributed by atoms with Crippen LogP contribution in [0, 0.1) is 5.92 Å². The summed E-state index contributed by atoms with van der Waals surface area (Å²) in [5.41, 5.74) is 2.27. The van der Waals surface area contributed by atoms with Crippen LogP contribution in [0.15, 0.2) is 24.3 Å². The third-order valence-corrected chi connectivity index (χ3v) is 4.15. The van der Waals surface area contributed by atoms with E-state index in [4.69, 9.17) is 4.74 Å². The number of nitrogens with one attached hydrogen (secondary N) is 1.